The van der Waals surface area contributed by atoms with Gasteiger partial charge in [0.05, 0.1) is 16.8 Å². The van der Waals surface area contributed by atoms with Gasteiger partial charge in [0.15, 0.2) is 0 Å². The van der Waals surface area contributed by atoms with Crippen LogP contribution in [0.3, 0.4) is 0 Å². The van der Waals surface area contributed by atoms with E-state index >= 15 is 0 Å². The Hall–Kier alpha value is -2.91. The van der Waals surface area contributed by atoms with Crippen molar-refractivity contribution < 1.29 is 22.5 Å². The van der Waals surface area contributed by atoms with Gasteiger partial charge < -0.3 is 25.1 Å². The second-order valence-electron chi connectivity index (χ2n) is 10.8. The number of aromatic amines is 1. The van der Waals surface area contributed by atoms with Gasteiger partial charge in [0.25, 0.3) is 5.91 Å². The molecule has 3 N–H and O–H groups in total. The van der Waals surface area contributed by atoms with Crippen molar-refractivity contribution in [2.45, 2.75) is 50.7 Å². The highest BCUT2D eigenvalue weighted by molar-refractivity contribution is 7.70. The van der Waals surface area contributed by atoms with Crippen LogP contribution < -0.4 is 15.9 Å². The summed E-state index contributed by atoms with van der Waals surface area (Å²) in [4.78, 5) is 26.9. The number of hydrogen-bond donors (Lipinski definition) is 3. The number of halogens is 3. The molecule has 1 fully saturated rings. The number of alkyl halides is 3. The molecule has 39 heavy (non-hydrogen) atoms. The van der Waals surface area contributed by atoms with E-state index in [0.29, 0.717) is 22.8 Å². The standard InChI is InChI=1S/C27H34F3N6O2P/c1-39(2,38)24-19-10-9-18-20(14-32-23(18)24)22-21(27(28,29)30)15-33-26(35-22)34-17-8-7-13-36(16-17)12-6-4-3-5-11-31-25(19)37/h9-10,14-15,17,32H,3-8,11-13,16H2,1-2H3,(H,31,37)(H,33,34,35)/t17-/m0/s1. The molecule has 3 aliphatic heterocycles. The lowest BCUT2D eigenvalue weighted by molar-refractivity contribution is -0.137. The molecule has 1 unspecified atom stereocenters. The summed E-state index contributed by atoms with van der Waals surface area (Å²) in [5.41, 5.74) is -0.367. The summed E-state index contributed by atoms with van der Waals surface area (Å²) in [5, 5.41) is 6.94. The van der Waals surface area contributed by atoms with Crippen LogP contribution in [0.25, 0.3) is 22.2 Å². The number of nitrogens with one attached hydrogen (secondary N) is 3. The highest BCUT2D eigenvalue weighted by atomic mass is 31.2. The largest absolute Gasteiger partial charge is 0.419 e. The van der Waals surface area contributed by atoms with Crippen molar-refractivity contribution in [2.75, 3.05) is 44.8 Å². The Morgan fingerprint density at radius 2 is 1.82 bits per heavy atom. The lowest BCUT2D eigenvalue weighted by Crippen LogP contribution is -2.42. The van der Waals surface area contributed by atoms with Crippen molar-refractivity contribution in [1.82, 2.24) is 25.2 Å². The average Bonchev–Trinajstić information content (AvgIpc) is 3.30. The van der Waals surface area contributed by atoms with E-state index in [1.807, 2.05) is 0 Å². The van der Waals surface area contributed by atoms with Gasteiger partial charge >= 0.3 is 6.18 Å². The molecule has 1 aromatic carbocycles. The molecule has 12 heteroatoms. The number of anilines is 1. The molecule has 1 saturated heterocycles. The molecule has 0 saturated carbocycles. The quantitative estimate of drug-likeness (QED) is 0.358. The van der Waals surface area contributed by atoms with E-state index in [1.54, 1.807) is 25.5 Å². The van der Waals surface area contributed by atoms with Crippen LogP contribution in [0.15, 0.2) is 24.5 Å². The predicted molar refractivity (Wildman–Crippen MR) is 147 cm³/mol. The Kier molecular flexibility index (Phi) is 7.75. The van der Waals surface area contributed by atoms with Crippen LogP contribution >= 0.6 is 7.14 Å². The van der Waals surface area contributed by atoms with Crippen LogP contribution in [0.4, 0.5) is 19.1 Å². The number of hydrogen-bond acceptors (Lipinski definition) is 6. The number of carbonyl (C=O) groups excluding carboxylic acids is 1. The van der Waals surface area contributed by atoms with Gasteiger partial charge in [0.2, 0.25) is 5.95 Å². The number of fused-ring (bicyclic) bond motifs is 8. The molecule has 5 heterocycles. The molecule has 1 amide bonds. The van der Waals surface area contributed by atoms with Crippen molar-refractivity contribution in [3.8, 4) is 11.3 Å². The van der Waals surface area contributed by atoms with Gasteiger partial charge in [-0.2, -0.15) is 13.2 Å². The number of aromatic nitrogens is 3. The molecular weight excluding hydrogens is 528 g/mol. The minimum absolute atomic E-state index is 0.0346. The van der Waals surface area contributed by atoms with E-state index in [1.165, 1.54) is 6.20 Å². The topological polar surface area (TPSA) is 103 Å². The molecule has 8 bridgehead atoms. The minimum atomic E-state index is -4.68. The first-order valence-corrected chi connectivity index (χ1v) is 16.0. The molecule has 8 nitrogen and oxygen atoms in total. The van der Waals surface area contributed by atoms with E-state index in [-0.39, 0.29) is 34.7 Å². The third-order valence-corrected chi connectivity index (χ3v) is 9.03. The number of amides is 1. The predicted octanol–water partition coefficient (Wildman–Crippen LogP) is 5.07. The van der Waals surface area contributed by atoms with E-state index in [2.05, 4.69) is 30.5 Å². The van der Waals surface area contributed by atoms with Crippen LogP contribution in [0.2, 0.25) is 0 Å². The maximum absolute atomic E-state index is 14.1. The van der Waals surface area contributed by atoms with Gasteiger partial charge in [0, 0.05) is 47.8 Å². The average molecular weight is 563 g/mol. The molecule has 2 atom stereocenters. The normalized spacial score (nSPS) is 21.5. The van der Waals surface area contributed by atoms with Gasteiger partial charge in [-0.15, -0.1) is 0 Å². The molecular formula is C27H34F3N6O2P. The summed E-state index contributed by atoms with van der Waals surface area (Å²) in [6, 6.07) is 3.18. The zero-order valence-electron chi connectivity index (χ0n) is 22.2. The number of nitrogens with zero attached hydrogens (tertiary/aromatic N) is 3. The summed E-state index contributed by atoms with van der Waals surface area (Å²) in [6.45, 7) is 6.32. The second kappa shape index (κ2) is 10.9. The number of carbonyl (C=O) groups is 1. The highest BCUT2D eigenvalue weighted by Gasteiger charge is 2.37. The minimum Gasteiger partial charge on any atom is -0.360 e. The van der Waals surface area contributed by atoms with E-state index in [4.69, 9.17) is 0 Å². The van der Waals surface area contributed by atoms with E-state index < -0.39 is 18.9 Å². The van der Waals surface area contributed by atoms with Crippen molar-refractivity contribution >= 4 is 35.2 Å². The summed E-state index contributed by atoms with van der Waals surface area (Å²) in [5.74, 6) is -0.202. The molecule has 3 aliphatic rings. The summed E-state index contributed by atoms with van der Waals surface area (Å²) in [6.07, 6.45) is 3.35. The van der Waals surface area contributed by atoms with Gasteiger partial charge in [-0.25, -0.2) is 9.97 Å². The van der Waals surface area contributed by atoms with Gasteiger partial charge in [-0.3, -0.25) is 4.79 Å². The van der Waals surface area contributed by atoms with Crippen molar-refractivity contribution in [3.63, 3.8) is 0 Å². The smallest absolute Gasteiger partial charge is 0.360 e. The first-order valence-electron chi connectivity index (χ1n) is 13.4. The second-order valence-corrected chi connectivity index (χ2v) is 14.0. The van der Waals surface area contributed by atoms with E-state index in [9.17, 15) is 22.5 Å². The van der Waals surface area contributed by atoms with E-state index in [0.717, 1.165) is 64.4 Å². The Balaban J connectivity index is 1.65. The molecule has 0 spiro atoms. The first kappa shape index (κ1) is 27.6. The Morgan fingerprint density at radius 3 is 2.59 bits per heavy atom. The fraction of sp³-hybridized carbons (Fsp3) is 0.519. The maximum Gasteiger partial charge on any atom is 0.419 e. The number of benzene rings is 1. The van der Waals surface area contributed by atoms with Crippen LogP contribution in [0, 0.1) is 0 Å². The third-order valence-electron chi connectivity index (χ3n) is 7.49. The van der Waals surface area contributed by atoms with Gasteiger partial charge in [-0.05, 0) is 58.2 Å². The summed E-state index contributed by atoms with van der Waals surface area (Å²) >= 11 is 0. The van der Waals surface area contributed by atoms with Gasteiger partial charge in [0.1, 0.15) is 12.7 Å². The number of piperidine rings is 1. The highest BCUT2D eigenvalue weighted by Crippen LogP contribution is 2.43. The van der Waals surface area contributed by atoms with Crippen molar-refractivity contribution in [1.29, 1.82) is 0 Å². The lowest BCUT2D eigenvalue weighted by atomic mass is 10.0. The summed E-state index contributed by atoms with van der Waals surface area (Å²) in [7, 11) is -3.02. The molecule has 3 aromatic rings. The molecule has 210 valence electrons. The fourth-order valence-corrected chi connectivity index (χ4v) is 7.14. The fourth-order valence-electron chi connectivity index (χ4n) is 5.66. The SMILES string of the molecule is CP(C)(=O)c1c2ccc3c(c[nH]c13)-c1nc(ncc1C(F)(F)F)N[C@H]1CCCN(CCCCCCNC2=O)C1. The van der Waals surface area contributed by atoms with Crippen LogP contribution in [0.5, 0.6) is 0 Å². The van der Waals surface area contributed by atoms with Crippen molar-refractivity contribution in [3.05, 3.63) is 35.7 Å². The first-order chi connectivity index (χ1) is 18.5. The van der Waals surface area contributed by atoms with Crippen LogP contribution in [-0.4, -0.2) is 71.3 Å². The molecule has 0 aliphatic carbocycles. The molecule has 2 aromatic heterocycles. The zero-order valence-corrected chi connectivity index (χ0v) is 23.1. The third kappa shape index (κ3) is 5.99. The maximum atomic E-state index is 14.1. The monoisotopic (exact) mass is 562 g/mol. The lowest BCUT2D eigenvalue weighted by Gasteiger charge is -2.33. The Labute approximate surface area is 225 Å². The van der Waals surface area contributed by atoms with Crippen molar-refractivity contribution in [2.24, 2.45) is 0 Å². The van der Waals surface area contributed by atoms with Crippen LogP contribution in [0.1, 0.15) is 54.4 Å². The molecule has 0 radical (unpaired) electrons. The number of H-pyrrole nitrogens is 1. The molecule has 6 rings (SSSR count). The Morgan fingerprint density at radius 1 is 1.05 bits per heavy atom. The van der Waals surface area contributed by atoms with Crippen LogP contribution in [-0.2, 0) is 10.7 Å². The Bertz CT molecular complexity index is 1420. The van der Waals surface area contributed by atoms with Gasteiger partial charge in [-0.1, -0.05) is 18.9 Å². The number of rotatable bonds is 1. The summed E-state index contributed by atoms with van der Waals surface area (Å²) < 4.78 is 55.7. The zero-order chi connectivity index (χ0) is 27.8.